The number of esters is 2. The van der Waals surface area contributed by atoms with E-state index in [4.69, 9.17) is 33.2 Å². The number of anilines is 1. The van der Waals surface area contributed by atoms with Crippen LogP contribution in [0.2, 0.25) is 0 Å². The zero-order valence-electron chi connectivity index (χ0n) is 25.4. The number of hydrogen-bond acceptors (Lipinski definition) is 14. The Bertz CT molecular complexity index is 1860. The third-order valence-electron chi connectivity index (χ3n) is 8.27. The van der Waals surface area contributed by atoms with Gasteiger partial charge in [-0.2, -0.15) is 0 Å². The summed E-state index contributed by atoms with van der Waals surface area (Å²) in [5.74, 6) is -0.122. The first-order valence-electron chi connectivity index (χ1n) is 14.5. The molecule has 47 heavy (non-hydrogen) atoms. The SMILES string of the molecule is COc1cc(-c2c3c(cc4c2OCO4)[C@H](OC(=O)Cc2csc(NC(=O)c4cnccn4)n2)[C@H]2COC(=O)[C@@H]2C3)cc(OC)c1OC. The summed E-state index contributed by atoms with van der Waals surface area (Å²) < 4.78 is 40.1. The fourth-order valence-corrected chi connectivity index (χ4v) is 6.88. The van der Waals surface area contributed by atoms with Crippen molar-refractivity contribution in [3.8, 4) is 39.9 Å². The predicted octanol–water partition coefficient (Wildman–Crippen LogP) is 3.78. The van der Waals surface area contributed by atoms with Crippen molar-refractivity contribution in [2.75, 3.05) is 40.0 Å². The number of carbonyl (C=O) groups is 3. The van der Waals surface area contributed by atoms with Gasteiger partial charge in [-0.3, -0.25) is 24.7 Å². The van der Waals surface area contributed by atoms with Crippen LogP contribution in [-0.2, 0) is 31.9 Å². The maximum absolute atomic E-state index is 13.4. The van der Waals surface area contributed by atoms with Crippen molar-refractivity contribution in [1.82, 2.24) is 15.0 Å². The van der Waals surface area contributed by atoms with Crippen molar-refractivity contribution in [3.63, 3.8) is 0 Å². The number of amides is 1. The predicted molar refractivity (Wildman–Crippen MR) is 164 cm³/mol. The molecular weight excluding hydrogens is 632 g/mol. The smallest absolute Gasteiger partial charge is 0.312 e. The summed E-state index contributed by atoms with van der Waals surface area (Å²) in [6.07, 6.45) is 3.56. The molecule has 1 amide bonds. The van der Waals surface area contributed by atoms with Gasteiger partial charge in [0.05, 0.1) is 52.2 Å². The molecule has 3 atom stereocenters. The molecule has 1 saturated heterocycles. The first-order valence-corrected chi connectivity index (χ1v) is 15.4. The Hall–Kier alpha value is -5.44. The number of cyclic esters (lactones) is 1. The largest absolute Gasteiger partial charge is 0.493 e. The Kier molecular flexibility index (Phi) is 7.97. The molecule has 2 aliphatic heterocycles. The molecule has 0 radical (unpaired) electrons. The number of hydrogen-bond donors (Lipinski definition) is 1. The first kappa shape index (κ1) is 30.2. The maximum atomic E-state index is 13.4. The number of methoxy groups -OCH3 is 3. The number of ether oxygens (including phenoxy) is 7. The van der Waals surface area contributed by atoms with Crippen molar-refractivity contribution >= 4 is 34.3 Å². The van der Waals surface area contributed by atoms with Crippen LogP contribution in [0.1, 0.15) is 33.4 Å². The summed E-state index contributed by atoms with van der Waals surface area (Å²) in [6.45, 7) is 0.0959. The second kappa shape index (κ2) is 12.4. The van der Waals surface area contributed by atoms with Crippen molar-refractivity contribution in [3.05, 3.63) is 64.7 Å². The summed E-state index contributed by atoms with van der Waals surface area (Å²) in [6, 6.07) is 5.39. The molecule has 4 aromatic rings. The Morgan fingerprint density at radius 2 is 1.85 bits per heavy atom. The van der Waals surface area contributed by atoms with Gasteiger partial charge in [-0.1, -0.05) is 0 Å². The van der Waals surface area contributed by atoms with Crippen LogP contribution >= 0.6 is 11.3 Å². The number of fused-ring (bicyclic) bond motifs is 3. The molecule has 0 unspecified atom stereocenters. The topological polar surface area (TPSA) is 167 Å². The number of thiazole rings is 1. The van der Waals surface area contributed by atoms with Crippen LogP contribution in [-0.4, -0.2) is 67.5 Å². The highest BCUT2D eigenvalue weighted by Gasteiger charge is 2.49. The van der Waals surface area contributed by atoms with Crippen molar-refractivity contribution in [1.29, 1.82) is 0 Å². The van der Waals surface area contributed by atoms with E-state index in [9.17, 15) is 14.4 Å². The molecular formula is C32H28N4O10S. The molecule has 242 valence electrons. The molecule has 2 aromatic carbocycles. The third-order valence-corrected chi connectivity index (χ3v) is 9.07. The molecule has 3 aliphatic rings. The minimum atomic E-state index is -0.826. The second-order valence-corrected chi connectivity index (χ2v) is 11.7. The fourth-order valence-electron chi connectivity index (χ4n) is 6.17. The van der Waals surface area contributed by atoms with E-state index in [0.29, 0.717) is 62.7 Å². The number of rotatable bonds is 9. The summed E-state index contributed by atoms with van der Waals surface area (Å²) in [4.78, 5) is 51.1. The van der Waals surface area contributed by atoms with Crippen molar-refractivity contribution in [2.45, 2.75) is 18.9 Å². The lowest BCUT2D eigenvalue weighted by atomic mass is 9.73. The summed E-state index contributed by atoms with van der Waals surface area (Å²) >= 11 is 1.16. The Morgan fingerprint density at radius 1 is 1.04 bits per heavy atom. The number of benzene rings is 2. The zero-order chi connectivity index (χ0) is 32.7. The van der Waals surface area contributed by atoms with Crippen LogP contribution in [0.3, 0.4) is 0 Å². The van der Waals surface area contributed by atoms with Gasteiger partial charge in [0.15, 0.2) is 28.1 Å². The van der Waals surface area contributed by atoms with Gasteiger partial charge < -0.3 is 33.2 Å². The highest BCUT2D eigenvalue weighted by molar-refractivity contribution is 7.14. The summed E-state index contributed by atoms with van der Waals surface area (Å²) in [5, 5.41) is 4.61. The second-order valence-electron chi connectivity index (χ2n) is 10.8. The van der Waals surface area contributed by atoms with Crippen molar-refractivity contribution in [2.24, 2.45) is 11.8 Å². The molecule has 0 saturated carbocycles. The van der Waals surface area contributed by atoms with Gasteiger partial charge in [-0.05, 0) is 35.7 Å². The van der Waals surface area contributed by atoms with E-state index >= 15 is 0 Å². The van der Waals surface area contributed by atoms with E-state index < -0.39 is 29.8 Å². The first-order chi connectivity index (χ1) is 22.9. The van der Waals surface area contributed by atoms with Crippen LogP contribution in [0.25, 0.3) is 11.1 Å². The van der Waals surface area contributed by atoms with Crippen LogP contribution in [0, 0.1) is 11.8 Å². The number of carbonyl (C=O) groups excluding carboxylic acids is 3. The molecule has 2 aromatic heterocycles. The monoisotopic (exact) mass is 660 g/mol. The van der Waals surface area contributed by atoms with E-state index in [1.54, 1.807) is 23.6 Å². The van der Waals surface area contributed by atoms with Crippen LogP contribution in [0.4, 0.5) is 5.13 Å². The normalized spacial score (nSPS) is 18.9. The molecule has 7 rings (SSSR count). The average molecular weight is 661 g/mol. The van der Waals surface area contributed by atoms with Gasteiger partial charge in [0.25, 0.3) is 5.91 Å². The molecule has 15 heteroatoms. The van der Waals surface area contributed by atoms with Gasteiger partial charge in [-0.15, -0.1) is 11.3 Å². The minimum absolute atomic E-state index is 0.00541. The lowest BCUT2D eigenvalue weighted by Crippen LogP contribution is -2.33. The molecule has 0 spiro atoms. The van der Waals surface area contributed by atoms with Crippen molar-refractivity contribution < 1.29 is 47.5 Å². The molecule has 1 fully saturated rings. The lowest BCUT2D eigenvalue weighted by molar-refractivity contribution is -0.153. The van der Waals surface area contributed by atoms with Crippen LogP contribution in [0.5, 0.6) is 28.7 Å². The summed E-state index contributed by atoms with van der Waals surface area (Å²) in [7, 11) is 4.57. The average Bonchev–Trinajstić information content (AvgIpc) is 3.83. The van der Waals surface area contributed by atoms with E-state index in [-0.39, 0.29) is 31.5 Å². The van der Waals surface area contributed by atoms with Crippen LogP contribution < -0.4 is 29.0 Å². The Morgan fingerprint density at radius 3 is 2.57 bits per heavy atom. The van der Waals surface area contributed by atoms with Gasteiger partial charge in [0.1, 0.15) is 11.8 Å². The van der Waals surface area contributed by atoms with E-state index in [2.05, 4.69) is 20.3 Å². The minimum Gasteiger partial charge on any atom is -0.493 e. The Balaban J connectivity index is 1.21. The van der Waals surface area contributed by atoms with E-state index in [0.717, 1.165) is 16.9 Å². The fraction of sp³-hybridized carbons (Fsp3) is 0.312. The standard InChI is InChI=1S/C32H28N4O10S/c1-40-22-6-15(7-23(41-2)28(22)42-3)26-17-9-19-20(12-43-31(19)39)27(18(17)10-24-29(26)45-14-44-24)46-25(37)8-16-13-47-32(35-16)36-30(38)21-11-33-4-5-34-21/h4-7,10-11,13,19-20,27H,8-9,12,14H2,1-3H3,(H,35,36,38)/t19-,20+,27+/m1/s1. The zero-order valence-corrected chi connectivity index (χ0v) is 26.3. The third kappa shape index (κ3) is 5.52. The molecule has 0 bridgehead atoms. The number of nitrogens with zero attached hydrogens (tertiary/aromatic N) is 3. The highest BCUT2D eigenvalue weighted by Crippen LogP contribution is 2.55. The molecule has 1 aliphatic carbocycles. The van der Waals surface area contributed by atoms with E-state index in [1.165, 1.54) is 39.9 Å². The number of aromatic nitrogens is 3. The van der Waals surface area contributed by atoms with E-state index in [1.807, 2.05) is 0 Å². The highest BCUT2D eigenvalue weighted by atomic mass is 32.1. The van der Waals surface area contributed by atoms with Gasteiger partial charge in [0, 0.05) is 34.8 Å². The molecule has 1 N–H and O–H groups in total. The maximum Gasteiger partial charge on any atom is 0.312 e. The quantitative estimate of drug-likeness (QED) is 0.258. The molecule has 14 nitrogen and oxygen atoms in total. The Labute approximate surface area is 271 Å². The van der Waals surface area contributed by atoms with Gasteiger partial charge in [0.2, 0.25) is 12.5 Å². The molecule has 4 heterocycles. The van der Waals surface area contributed by atoms with Gasteiger partial charge >= 0.3 is 11.9 Å². The lowest BCUT2D eigenvalue weighted by Gasteiger charge is -2.34. The van der Waals surface area contributed by atoms with Crippen LogP contribution in [0.15, 0.2) is 42.2 Å². The van der Waals surface area contributed by atoms with Gasteiger partial charge in [-0.25, -0.2) is 9.97 Å². The number of nitrogens with one attached hydrogen (secondary N) is 1. The summed E-state index contributed by atoms with van der Waals surface area (Å²) in [5.41, 5.74) is 3.31.